The average molecular weight is 215 g/mol. The number of carbonyl (C=O) groups is 2. The number of nitrogens with one attached hydrogen (secondary N) is 2. The largest absolute Gasteiger partial charge is 0.381 e. The molecule has 1 fully saturated rings. The molecular weight excluding hydrogens is 198 g/mol. The number of hydrogen-bond acceptors (Lipinski definition) is 4. The summed E-state index contributed by atoms with van der Waals surface area (Å²) >= 11 is 0. The minimum Gasteiger partial charge on any atom is -0.381 e. The maximum absolute atomic E-state index is 11.3. The summed E-state index contributed by atoms with van der Waals surface area (Å²) in [6.07, 6.45) is 2.07. The van der Waals surface area contributed by atoms with Crippen LogP contribution in [-0.4, -0.2) is 37.2 Å². The van der Waals surface area contributed by atoms with Gasteiger partial charge in [0.15, 0.2) is 0 Å². The number of imide groups is 1. The number of rotatable bonds is 4. The normalized spacial score (nSPS) is 26.5. The summed E-state index contributed by atoms with van der Waals surface area (Å²) in [6, 6.07) is -0.957. The number of primary amides is 1. The molecule has 4 N–H and O–H groups in total. The number of hydrogen-bond donors (Lipinski definition) is 3. The fourth-order valence-corrected chi connectivity index (χ4v) is 1.55. The molecule has 6 nitrogen and oxygen atoms in total. The van der Waals surface area contributed by atoms with Gasteiger partial charge in [-0.05, 0) is 19.8 Å². The van der Waals surface area contributed by atoms with Gasteiger partial charge in [-0.3, -0.25) is 10.1 Å². The van der Waals surface area contributed by atoms with Gasteiger partial charge in [0, 0.05) is 13.2 Å². The summed E-state index contributed by atoms with van der Waals surface area (Å²) in [4.78, 5) is 21.7. The molecule has 1 atom stereocenters. The standard InChI is InChI=1S/C9H17N3O3/c1-5(8(13)12-9(10)14)11-6-3-7(4-6)15-2/h5-7,11H,3-4H2,1-2H3,(H3,10,12,13,14). The first-order chi connectivity index (χ1) is 7.02. The SMILES string of the molecule is COC1CC(NC(C)C(=O)NC(N)=O)C1. The highest BCUT2D eigenvalue weighted by Crippen LogP contribution is 2.22. The summed E-state index contributed by atoms with van der Waals surface area (Å²) in [7, 11) is 1.67. The highest BCUT2D eigenvalue weighted by Gasteiger charge is 2.31. The first-order valence-electron chi connectivity index (χ1n) is 4.92. The first-order valence-corrected chi connectivity index (χ1v) is 4.92. The molecule has 1 aliphatic carbocycles. The van der Waals surface area contributed by atoms with E-state index in [0.717, 1.165) is 12.8 Å². The molecule has 0 aromatic carbocycles. The summed E-state index contributed by atoms with van der Waals surface area (Å²) < 4.78 is 5.11. The van der Waals surface area contributed by atoms with Gasteiger partial charge in [-0.25, -0.2) is 4.79 Å². The van der Waals surface area contributed by atoms with Crippen LogP contribution in [0.2, 0.25) is 0 Å². The van der Waals surface area contributed by atoms with E-state index in [1.165, 1.54) is 0 Å². The van der Waals surface area contributed by atoms with Crippen LogP contribution in [0.5, 0.6) is 0 Å². The Kier molecular flexibility index (Phi) is 4.05. The molecule has 15 heavy (non-hydrogen) atoms. The van der Waals surface area contributed by atoms with Gasteiger partial charge in [-0.15, -0.1) is 0 Å². The molecule has 0 aromatic heterocycles. The zero-order valence-electron chi connectivity index (χ0n) is 8.95. The lowest BCUT2D eigenvalue weighted by molar-refractivity contribution is -0.122. The Morgan fingerprint density at radius 3 is 2.53 bits per heavy atom. The van der Waals surface area contributed by atoms with E-state index in [0.29, 0.717) is 0 Å². The molecule has 0 spiro atoms. The third-order valence-electron chi connectivity index (χ3n) is 2.55. The number of methoxy groups -OCH3 is 1. The molecule has 0 aliphatic heterocycles. The van der Waals surface area contributed by atoms with E-state index in [-0.39, 0.29) is 12.1 Å². The molecule has 86 valence electrons. The highest BCUT2D eigenvalue weighted by molar-refractivity contribution is 5.96. The van der Waals surface area contributed by atoms with E-state index >= 15 is 0 Å². The molecule has 0 saturated heterocycles. The van der Waals surface area contributed by atoms with E-state index < -0.39 is 18.0 Å². The summed E-state index contributed by atoms with van der Waals surface area (Å²) in [5.74, 6) is -0.400. The van der Waals surface area contributed by atoms with E-state index in [4.69, 9.17) is 10.5 Å². The molecule has 1 saturated carbocycles. The zero-order chi connectivity index (χ0) is 11.4. The molecule has 1 aliphatic rings. The van der Waals surface area contributed by atoms with Crippen molar-refractivity contribution in [1.29, 1.82) is 0 Å². The van der Waals surface area contributed by atoms with Crippen LogP contribution in [0.15, 0.2) is 0 Å². The van der Waals surface area contributed by atoms with Crippen LogP contribution >= 0.6 is 0 Å². The first kappa shape index (κ1) is 11.9. The van der Waals surface area contributed by atoms with Gasteiger partial charge in [0.05, 0.1) is 12.1 Å². The van der Waals surface area contributed by atoms with Crippen molar-refractivity contribution in [3.63, 3.8) is 0 Å². The predicted octanol–water partition coefficient (Wildman–Crippen LogP) is -0.663. The Morgan fingerprint density at radius 2 is 2.07 bits per heavy atom. The summed E-state index contributed by atoms with van der Waals surface area (Å²) in [5, 5.41) is 5.11. The highest BCUT2D eigenvalue weighted by atomic mass is 16.5. The van der Waals surface area contributed by atoms with Crippen molar-refractivity contribution >= 4 is 11.9 Å². The third-order valence-corrected chi connectivity index (χ3v) is 2.55. The molecular formula is C9H17N3O3. The second-order valence-corrected chi connectivity index (χ2v) is 3.77. The van der Waals surface area contributed by atoms with Gasteiger partial charge in [-0.1, -0.05) is 0 Å². The van der Waals surface area contributed by atoms with Crippen molar-refractivity contribution < 1.29 is 14.3 Å². The van der Waals surface area contributed by atoms with Crippen LogP contribution in [0.25, 0.3) is 0 Å². The summed E-state index contributed by atoms with van der Waals surface area (Å²) in [5.41, 5.74) is 4.83. The topological polar surface area (TPSA) is 93.4 Å². The van der Waals surface area contributed by atoms with Crippen molar-refractivity contribution in [2.45, 2.75) is 38.0 Å². The van der Waals surface area contributed by atoms with Crippen LogP contribution in [0.3, 0.4) is 0 Å². The van der Waals surface area contributed by atoms with Gasteiger partial charge >= 0.3 is 6.03 Å². The number of urea groups is 1. The Bertz CT molecular complexity index is 251. The van der Waals surface area contributed by atoms with Gasteiger partial charge in [0.1, 0.15) is 0 Å². The predicted molar refractivity (Wildman–Crippen MR) is 54.1 cm³/mol. The van der Waals surface area contributed by atoms with Gasteiger partial charge in [-0.2, -0.15) is 0 Å². The van der Waals surface area contributed by atoms with Crippen molar-refractivity contribution in [2.24, 2.45) is 5.73 Å². The smallest absolute Gasteiger partial charge is 0.318 e. The van der Waals surface area contributed by atoms with Crippen LogP contribution < -0.4 is 16.4 Å². The molecule has 1 unspecified atom stereocenters. The molecule has 1 rings (SSSR count). The number of amides is 3. The van der Waals surface area contributed by atoms with E-state index in [9.17, 15) is 9.59 Å². The van der Waals surface area contributed by atoms with Crippen molar-refractivity contribution in [3.8, 4) is 0 Å². The molecule has 6 heteroatoms. The van der Waals surface area contributed by atoms with Crippen molar-refractivity contribution in [1.82, 2.24) is 10.6 Å². The Labute approximate surface area is 88.5 Å². The Hall–Kier alpha value is -1.14. The molecule has 3 amide bonds. The Balaban J connectivity index is 2.21. The monoisotopic (exact) mass is 215 g/mol. The summed E-state index contributed by atoms with van der Waals surface area (Å²) in [6.45, 7) is 1.69. The fraction of sp³-hybridized carbons (Fsp3) is 0.778. The van der Waals surface area contributed by atoms with Gasteiger partial charge in [0.25, 0.3) is 0 Å². The molecule has 0 aromatic rings. The van der Waals surface area contributed by atoms with Gasteiger partial charge in [0.2, 0.25) is 5.91 Å². The molecule has 0 radical (unpaired) electrons. The fourth-order valence-electron chi connectivity index (χ4n) is 1.55. The van der Waals surface area contributed by atoms with Crippen LogP contribution in [-0.2, 0) is 9.53 Å². The lowest BCUT2D eigenvalue weighted by Crippen LogP contribution is -2.54. The van der Waals surface area contributed by atoms with Crippen molar-refractivity contribution in [2.75, 3.05) is 7.11 Å². The van der Waals surface area contributed by atoms with E-state index in [1.54, 1.807) is 14.0 Å². The Morgan fingerprint density at radius 1 is 1.47 bits per heavy atom. The number of ether oxygens (including phenoxy) is 1. The molecule has 0 bridgehead atoms. The average Bonchev–Trinajstić information content (AvgIpc) is 2.08. The minimum absolute atomic E-state index is 0.281. The van der Waals surface area contributed by atoms with Crippen LogP contribution in [0, 0.1) is 0 Å². The lowest BCUT2D eigenvalue weighted by Gasteiger charge is -2.36. The van der Waals surface area contributed by atoms with Crippen molar-refractivity contribution in [3.05, 3.63) is 0 Å². The maximum Gasteiger partial charge on any atom is 0.318 e. The number of nitrogens with two attached hydrogens (primary N) is 1. The second kappa shape index (κ2) is 5.09. The minimum atomic E-state index is -0.822. The van der Waals surface area contributed by atoms with E-state index in [1.807, 2.05) is 5.32 Å². The molecule has 0 heterocycles. The lowest BCUT2D eigenvalue weighted by atomic mass is 9.88. The quantitative estimate of drug-likeness (QED) is 0.580. The van der Waals surface area contributed by atoms with Crippen LogP contribution in [0.4, 0.5) is 4.79 Å². The second-order valence-electron chi connectivity index (χ2n) is 3.77. The number of carbonyl (C=O) groups excluding carboxylic acids is 2. The van der Waals surface area contributed by atoms with Gasteiger partial charge < -0.3 is 15.8 Å². The zero-order valence-corrected chi connectivity index (χ0v) is 8.95. The maximum atomic E-state index is 11.3. The van der Waals surface area contributed by atoms with Crippen LogP contribution in [0.1, 0.15) is 19.8 Å². The third kappa shape index (κ3) is 3.49. The van der Waals surface area contributed by atoms with E-state index in [2.05, 4.69) is 5.32 Å².